The molecule has 0 aromatic heterocycles. The number of fused-ring (bicyclic) bond motifs is 1. The van der Waals surface area contributed by atoms with Gasteiger partial charge in [0, 0.05) is 63.1 Å². The van der Waals surface area contributed by atoms with E-state index in [-0.39, 0.29) is 0 Å². The molecule has 1 N–H and O–H groups in total. The highest BCUT2D eigenvalue weighted by atomic mass is 15.2. The molecule has 32 heavy (non-hydrogen) atoms. The second kappa shape index (κ2) is 10.7. The summed E-state index contributed by atoms with van der Waals surface area (Å²) in [4.78, 5) is 14.2. The Morgan fingerprint density at radius 2 is 1.81 bits per heavy atom. The third kappa shape index (κ3) is 5.17. The van der Waals surface area contributed by atoms with Gasteiger partial charge in [0.2, 0.25) is 0 Å². The van der Waals surface area contributed by atoms with E-state index in [0.717, 1.165) is 63.5 Å². The first-order valence-electron chi connectivity index (χ1n) is 11.7. The lowest BCUT2D eigenvalue weighted by atomic mass is 9.75. The summed E-state index contributed by atoms with van der Waals surface area (Å²) >= 11 is 0. The topological polar surface area (TPSA) is 43.2 Å². The Morgan fingerprint density at radius 3 is 2.53 bits per heavy atom. The van der Waals surface area contributed by atoms with Gasteiger partial charge in [-0.3, -0.25) is 9.98 Å². The Labute approximate surface area is 192 Å². The van der Waals surface area contributed by atoms with Gasteiger partial charge in [-0.2, -0.15) is 0 Å². The van der Waals surface area contributed by atoms with Crippen molar-refractivity contribution in [2.24, 2.45) is 9.98 Å². The van der Waals surface area contributed by atoms with Crippen LogP contribution in [0.4, 0.5) is 5.69 Å². The minimum Gasteiger partial charge on any atom is -0.388 e. The number of hydrogen-bond donors (Lipinski definition) is 1. The van der Waals surface area contributed by atoms with Crippen LogP contribution in [0.1, 0.15) is 35.4 Å². The molecular weight excluding hydrogens is 394 g/mol. The van der Waals surface area contributed by atoms with E-state index in [0.29, 0.717) is 5.92 Å². The number of aliphatic imine (C=N–C) groups is 2. The number of hydrogen-bond acceptors (Lipinski definition) is 5. The molecule has 0 spiro atoms. The third-order valence-electron chi connectivity index (χ3n) is 6.67. The van der Waals surface area contributed by atoms with Gasteiger partial charge in [-0.15, -0.1) is 0 Å². The molecule has 1 aliphatic heterocycles. The fourth-order valence-electron chi connectivity index (χ4n) is 4.76. The van der Waals surface area contributed by atoms with Gasteiger partial charge in [-0.25, -0.2) is 0 Å². The monoisotopic (exact) mass is 429 g/mol. The normalized spacial score (nSPS) is 22.1. The smallest absolute Gasteiger partial charge is 0.0697 e. The van der Waals surface area contributed by atoms with E-state index < -0.39 is 0 Å². The van der Waals surface area contributed by atoms with Crippen molar-refractivity contribution in [3.63, 3.8) is 0 Å². The first-order chi connectivity index (χ1) is 15.7. The zero-order valence-corrected chi connectivity index (χ0v) is 19.4. The second-order valence-electron chi connectivity index (χ2n) is 8.78. The maximum atomic E-state index is 5.09. The Morgan fingerprint density at radius 1 is 1.06 bits per heavy atom. The van der Waals surface area contributed by atoms with Crippen LogP contribution in [0.3, 0.4) is 0 Å². The molecule has 0 radical (unpaired) electrons. The molecule has 0 saturated carbocycles. The average molecular weight is 430 g/mol. The van der Waals surface area contributed by atoms with E-state index in [1.165, 1.54) is 22.3 Å². The molecule has 0 amide bonds. The predicted octanol–water partition coefficient (Wildman–Crippen LogP) is 4.28. The van der Waals surface area contributed by atoms with Gasteiger partial charge in [-0.1, -0.05) is 36.4 Å². The molecule has 5 heteroatoms. The summed E-state index contributed by atoms with van der Waals surface area (Å²) in [5, 5.41) is 3.21. The number of rotatable bonds is 7. The first-order valence-corrected chi connectivity index (χ1v) is 11.7. The molecule has 1 atom stereocenters. The Bertz CT molecular complexity index is 968. The van der Waals surface area contributed by atoms with Crippen LogP contribution >= 0.6 is 0 Å². The van der Waals surface area contributed by atoms with Crippen LogP contribution in [0.25, 0.3) is 0 Å². The fraction of sp³-hybridized carbons (Fsp3) is 0.407. The second-order valence-corrected chi connectivity index (χ2v) is 8.78. The SMILES string of the molecule is C=N/C=C1/CC(c2ccc(NC)cc2)c2ccccc2C1=NCCCN1CCN(C)CC1. The van der Waals surface area contributed by atoms with Crippen LogP contribution < -0.4 is 5.32 Å². The highest BCUT2D eigenvalue weighted by Gasteiger charge is 2.28. The Balaban J connectivity index is 1.55. The molecular formula is C27H35N5. The highest BCUT2D eigenvalue weighted by Crippen LogP contribution is 2.39. The van der Waals surface area contributed by atoms with Gasteiger partial charge in [-0.05, 0) is 62.0 Å². The maximum Gasteiger partial charge on any atom is 0.0697 e. The van der Waals surface area contributed by atoms with Crippen LogP contribution in [0.5, 0.6) is 0 Å². The molecule has 0 bridgehead atoms. The van der Waals surface area contributed by atoms with Gasteiger partial charge in [0.05, 0.1) is 5.71 Å². The van der Waals surface area contributed by atoms with Crippen molar-refractivity contribution < 1.29 is 0 Å². The summed E-state index contributed by atoms with van der Waals surface area (Å²) in [5.41, 5.74) is 7.31. The number of benzene rings is 2. The molecule has 1 unspecified atom stereocenters. The minimum absolute atomic E-state index is 0.300. The van der Waals surface area contributed by atoms with Crippen LogP contribution in [-0.4, -0.2) is 75.6 Å². The summed E-state index contributed by atoms with van der Waals surface area (Å²) in [5.74, 6) is 0.300. The molecule has 1 heterocycles. The maximum absolute atomic E-state index is 5.09. The summed E-state index contributed by atoms with van der Waals surface area (Å²) in [6, 6.07) is 17.5. The molecule has 1 fully saturated rings. The van der Waals surface area contributed by atoms with Crippen molar-refractivity contribution in [3.8, 4) is 0 Å². The zero-order chi connectivity index (χ0) is 22.3. The molecule has 168 valence electrons. The van der Waals surface area contributed by atoms with Crippen molar-refractivity contribution in [1.82, 2.24) is 9.80 Å². The lowest BCUT2D eigenvalue weighted by Crippen LogP contribution is -2.44. The number of nitrogens with one attached hydrogen (secondary N) is 1. The van der Waals surface area contributed by atoms with E-state index in [4.69, 9.17) is 4.99 Å². The average Bonchev–Trinajstić information content (AvgIpc) is 2.84. The van der Waals surface area contributed by atoms with E-state index in [1.54, 1.807) is 0 Å². The van der Waals surface area contributed by atoms with Crippen LogP contribution in [0, 0.1) is 0 Å². The van der Waals surface area contributed by atoms with E-state index >= 15 is 0 Å². The fourth-order valence-corrected chi connectivity index (χ4v) is 4.76. The number of allylic oxidation sites excluding steroid dienone is 1. The summed E-state index contributed by atoms with van der Waals surface area (Å²) in [6.45, 7) is 10.3. The Kier molecular flexibility index (Phi) is 7.51. The molecule has 2 aromatic carbocycles. The number of anilines is 1. The summed E-state index contributed by atoms with van der Waals surface area (Å²) < 4.78 is 0. The molecule has 2 aliphatic rings. The highest BCUT2D eigenvalue weighted by molar-refractivity contribution is 6.15. The van der Waals surface area contributed by atoms with E-state index in [9.17, 15) is 0 Å². The van der Waals surface area contributed by atoms with Crippen LogP contribution in [-0.2, 0) is 0 Å². The van der Waals surface area contributed by atoms with E-state index in [2.05, 4.69) is 82.4 Å². The molecule has 4 rings (SSSR count). The quantitative estimate of drug-likeness (QED) is 0.528. The van der Waals surface area contributed by atoms with Gasteiger partial charge in [0.15, 0.2) is 0 Å². The lowest BCUT2D eigenvalue weighted by molar-refractivity contribution is 0.153. The molecule has 1 aliphatic carbocycles. The number of nitrogens with zero attached hydrogens (tertiary/aromatic N) is 4. The first kappa shape index (κ1) is 22.4. The molecule has 5 nitrogen and oxygen atoms in total. The minimum atomic E-state index is 0.300. The Hall–Kier alpha value is -2.76. The summed E-state index contributed by atoms with van der Waals surface area (Å²) in [6.07, 6.45) is 3.88. The van der Waals surface area contributed by atoms with Crippen molar-refractivity contribution in [2.75, 3.05) is 58.7 Å². The van der Waals surface area contributed by atoms with Crippen LogP contribution in [0.2, 0.25) is 0 Å². The molecule has 2 aromatic rings. The number of likely N-dealkylation sites (N-methyl/N-ethyl adjacent to an activating group) is 1. The van der Waals surface area contributed by atoms with Gasteiger partial charge in [0.1, 0.15) is 0 Å². The summed E-state index contributed by atoms with van der Waals surface area (Å²) in [7, 11) is 4.15. The van der Waals surface area contributed by atoms with Crippen LogP contribution in [0.15, 0.2) is 70.3 Å². The van der Waals surface area contributed by atoms with Gasteiger partial charge < -0.3 is 15.1 Å². The van der Waals surface area contributed by atoms with Crippen molar-refractivity contribution in [3.05, 3.63) is 77.0 Å². The lowest BCUT2D eigenvalue weighted by Gasteiger charge is -2.32. The largest absolute Gasteiger partial charge is 0.388 e. The van der Waals surface area contributed by atoms with Gasteiger partial charge in [0.25, 0.3) is 0 Å². The predicted molar refractivity (Wildman–Crippen MR) is 136 cm³/mol. The number of piperazine rings is 1. The molecule has 1 saturated heterocycles. The van der Waals surface area contributed by atoms with E-state index in [1.807, 2.05) is 13.2 Å². The van der Waals surface area contributed by atoms with Crippen molar-refractivity contribution in [1.29, 1.82) is 0 Å². The van der Waals surface area contributed by atoms with Gasteiger partial charge >= 0.3 is 0 Å². The zero-order valence-electron chi connectivity index (χ0n) is 19.4. The van der Waals surface area contributed by atoms with Crippen molar-refractivity contribution >= 4 is 18.1 Å². The standard InChI is InChI=1S/C27H35N5/c1-28-20-22-19-26(21-9-11-23(29-2)12-10-21)24-7-4-5-8-25(24)27(22)30-13-6-14-32-17-15-31(3)16-18-32/h4-5,7-12,20,26,29H,1,6,13-19H2,2-3H3/b22-20-,30-27?. The third-order valence-corrected chi connectivity index (χ3v) is 6.67. The van der Waals surface area contributed by atoms with Crippen molar-refractivity contribution in [2.45, 2.75) is 18.8 Å².